The van der Waals surface area contributed by atoms with Gasteiger partial charge in [-0.2, -0.15) is 5.10 Å². The molecule has 1 aromatic heterocycles. The van der Waals surface area contributed by atoms with Gasteiger partial charge in [0.15, 0.2) is 11.5 Å². The highest BCUT2D eigenvalue weighted by atomic mass is 16.7. The van der Waals surface area contributed by atoms with E-state index in [1.54, 1.807) is 12.1 Å². The van der Waals surface area contributed by atoms with Crippen molar-refractivity contribution in [2.75, 3.05) is 58.5 Å². The van der Waals surface area contributed by atoms with Crippen LogP contribution in [0.1, 0.15) is 12.0 Å². The summed E-state index contributed by atoms with van der Waals surface area (Å²) in [5.74, 6) is 1.34. The lowest BCUT2D eigenvalue weighted by atomic mass is 10.1. The number of amides is 1. The molecule has 0 radical (unpaired) electrons. The molecule has 0 unspecified atom stereocenters. The summed E-state index contributed by atoms with van der Waals surface area (Å²) in [5.41, 5.74) is 2.67. The van der Waals surface area contributed by atoms with Crippen LogP contribution < -0.4 is 20.3 Å². The molecule has 1 N–H and O–H groups in total. The van der Waals surface area contributed by atoms with Crippen molar-refractivity contribution in [3.8, 4) is 22.8 Å². The van der Waals surface area contributed by atoms with Gasteiger partial charge in [0.25, 0.3) is 5.56 Å². The van der Waals surface area contributed by atoms with Crippen LogP contribution in [0.5, 0.6) is 11.5 Å². The zero-order chi connectivity index (χ0) is 25.6. The molecule has 0 saturated carbocycles. The summed E-state index contributed by atoms with van der Waals surface area (Å²) >= 11 is 0. The Morgan fingerprint density at radius 3 is 2.73 bits per heavy atom. The number of nitrogens with one attached hydrogen (secondary N) is 1. The Hall–Kier alpha value is -3.89. The molecule has 1 fully saturated rings. The summed E-state index contributed by atoms with van der Waals surface area (Å²) in [6.07, 6.45) is 0.307. The molecule has 1 saturated heterocycles. The first-order valence-corrected chi connectivity index (χ1v) is 12.5. The fourth-order valence-electron chi connectivity index (χ4n) is 4.37. The van der Waals surface area contributed by atoms with E-state index in [-0.39, 0.29) is 18.9 Å². The minimum atomic E-state index is -0.490. The van der Waals surface area contributed by atoms with Crippen LogP contribution in [0.3, 0.4) is 0 Å². The Morgan fingerprint density at radius 1 is 1.03 bits per heavy atom. The summed E-state index contributed by atoms with van der Waals surface area (Å²) in [4.78, 5) is 29.5. The number of piperazine rings is 1. The number of nitrogens with zero attached hydrogens (tertiary/aromatic N) is 4. The van der Waals surface area contributed by atoms with Crippen LogP contribution in [0.25, 0.3) is 11.3 Å². The fourth-order valence-corrected chi connectivity index (χ4v) is 4.37. The van der Waals surface area contributed by atoms with E-state index in [9.17, 15) is 9.59 Å². The highest BCUT2D eigenvalue weighted by Crippen LogP contribution is 2.35. The lowest BCUT2D eigenvalue weighted by Crippen LogP contribution is -2.44. The highest BCUT2D eigenvalue weighted by Gasteiger charge is 2.15. The number of likely N-dealkylation sites (N-methyl/N-ethyl adjacent to an activating group) is 1. The fraction of sp³-hybridized carbons (Fsp3) is 0.370. The Bertz CT molecular complexity index is 1300. The summed E-state index contributed by atoms with van der Waals surface area (Å²) < 4.78 is 17.6. The van der Waals surface area contributed by atoms with Crippen LogP contribution in [0.15, 0.2) is 59.4 Å². The molecule has 1 amide bonds. The van der Waals surface area contributed by atoms with Crippen molar-refractivity contribution >= 4 is 11.8 Å². The number of ether oxygens (including phenoxy) is 3. The Morgan fingerprint density at radius 2 is 1.86 bits per heavy atom. The van der Waals surface area contributed by atoms with Crippen LogP contribution in [-0.4, -0.2) is 78.8 Å². The largest absolute Gasteiger partial charge is 0.454 e. The van der Waals surface area contributed by atoms with Crippen LogP contribution in [0.4, 0.5) is 10.5 Å². The van der Waals surface area contributed by atoms with Gasteiger partial charge < -0.3 is 24.0 Å². The van der Waals surface area contributed by atoms with E-state index < -0.39 is 6.09 Å². The Labute approximate surface area is 215 Å². The average Bonchev–Trinajstić information content (AvgIpc) is 3.37. The molecule has 10 nitrogen and oxygen atoms in total. The second-order valence-corrected chi connectivity index (χ2v) is 9.24. The van der Waals surface area contributed by atoms with Gasteiger partial charge in [-0.3, -0.25) is 10.1 Å². The number of rotatable bonds is 8. The smallest absolute Gasteiger partial charge is 0.411 e. The van der Waals surface area contributed by atoms with Crippen molar-refractivity contribution in [3.63, 3.8) is 0 Å². The quantitative estimate of drug-likeness (QED) is 0.467. The SMILES string of the molecule is CN1CCN(CCCOC(=O)Nc2cccc(Cn3nc(-c4ccc5c(c4)OCO5)ccc3=O)c2)CC1. The van der Waals surface area contributed by atoms with E-state index in [4.69, 9.17) is 14.2 Å². The van der Waals surface area contributed by atoms with Gasteiger partial charge in [0.1, 0.15) is 0 Å². The molecule has 3 heterocycles. The van der Waals surface area contributed by atoms with Gasteiger partial charge in [-0.25, -0.2) is 9.48 Å². The standard InChI is InChI=1S/C27H31N5O5/c1-30-11-13-31(14-12-30)10-3-15-35-27(34)28-22-5-2-4-20(16-22)18-32-26(33)9-7-23(29-32)21-6-8-24-25(17-21)37-19-36-24/h2,4-9,16-17H,3,10-15,18-19H2,1H3,(H,28,34). The molecule has 2 aromatic carbocycles. The summed E-state index contributed by atoms with van der Waals surface area (Å²) in [6.45, 7) is 5.98. The Kier molecular flexibility index (Phi) is 7.67. The average molecular weight is 506 g/mol. The lowest BCUT2D eigenvalue weighted by Gasteiger charge is -2.32. The molecular weight excluding hydrogens is 474 g/mol. The van der Waals surface area contributed by atoms with Crippen molar-refractivity contribution in [1.82, 2.24) is 19.6 Å². The summed E-state index contributed by atoms with van der Waals surface area (Å²) in [6, 6.07) is 16.0. The first-order valence-electron chi connectivity index (χ1n) is 12.5. The van der Waals surface area contributed by atoms with E-state index in [2.05, 4.69) is 27.3 Å². The number of aromatic nitrogens is 2. The van der Waals surface area contributed by atoms with Crippen LogP contribution >= 0.6 is 0 Å². The van der Waals surface area contributed by atoms with E-state index in [0.717, 1.165) is 50.3 Å². The number of carbonyl (C=O) groups excluding carboxylic acids is 1. The van der Waals surface area contributed by atoms with Crippen LogP contribution in [0.2, 0.25) is 0 Å². The maximum Gasteiger partial charge on any atom is 0.411 e. The molecule has 0 bridgehead atoms. The minimum absolute atomic E-state index is 0.195. The maximum absolute atomic E-state index is 12.5. The predicted molar refractivity (Wildman–Crippen MR) is 139 cm³/mol. The van der Waals surface area contributed by atoms with Crippen LogP contribution in [0, 0.1) is 0 Å². The van der Waals surface area contributed by atoms with E-state index in [1.807, 2.05) is 36.4 Å². The number of hydrogen-bond donors (Lipinski definition) is 1. The molecule has 0 spiro atoms. The third kappa shape index (κ3) is 6.46. The first kappa shape index (κ1) is 24.8. The van der Waals surface area contributed by atoms with E-state index >= 15 is 0 Å². The van der Waals surface area contributed by atoms with Crippen molar-refractivity contribution in [2.45, 2.75) is 13.0 Å². The molecular formula is C27H31N5O5. The molecule has 3 aromatic rings. The molecule has 194 valence electrons. The number of fused-ring (bicyclic) bond motifs is 1. The molecule has 37 heavy (non-hydrogen) atoms. The molecule has 2 aliphatic rings. The molecule has 5 rings (SSSR count). The van der Waals surface area contributed by atoms with Gasteiger partial charge in [-0.05, 0) is 55.4 Å². The molecule has 0 atom stereocenters. The molecule has 2 aliphatic heterocycles. The summed E-state index contributed by atoms with van der Waals surface area (Å²) in [5, 5.41) is 7.31. The number of benzene rings is 2. The minimum Gasteiger partial charge on any atom is -0.454 e. The Balaban J connectivity index is 1.16. The third-order valence-corrected chi connectivity index (χ3v) is 6.49. The van der Waals surface area contributed by atoms with Gasteiger partial charge in [-0.15, -0.1) is 0 Å². The third-order valence-electron chi connectivity index (χ3n) is 6.49. The molecule has 0 aliphatic carbocycles. The van der Waals surface area contributed by atoms with Crippen molar-refractivity contribution in [1.29, 1.82) is 0 Å². The number of anilines is 1. The monoisotopic (exact) mass is 505 g/mol. The second-order valence-electron chi connectivity index (χ2n) is 9.24. The van der Waals surface area contributed by atoms with Gasteiger partial charge in [0.2, 0.25) is 6.79 Å². The normalized spacial score (nSPS) is 15.5. The number of hydrogen-bond acceptors (Lipinski definition) is 8. The number of carbonyl (C=O) groups is 1. The second kappa shape index (κ2) is 11.4. The van der Waals surface area contributed by atoms with Crippen molar-refractivity contribution in [3.05, 3.63) is 70.5 Å². The van der Waals surface area contributed by atoms with Crippen molar-refractivity contribution in [2.24, 2.45) is 0 Å². The van der Waals surface area contributed by atoms with Gasteiger partial charge in [0, 0.05) is 50.0 Å². The van der Waals surface area contributed by atoms with Gasteiger partial charge in [-0.1, -0.05) is 12.1 Å². The van der Waals surface area contributed by atoms with E-state index in [1.165, 1.54) is 10.7 Å². The van der Waals surface area contributed by atoms with E-state index in [0.29, 0.717) is 29.5 Å². The van der Waals surface area contributed by atoms with Crippen molar-refractivity contribution < 1.29 is 19.0 Å². The zero-order valence-electron chi connectivity index (χ0n) is 20.9. The predicted octanol–water partition coefficient (Wildman–Crippen LogP) is 2.87. The van der Waals surface area contributed by atoms with Crippen LogP contribution in [-0.2, 0) is 11.3 Å². The highest BCUT2D eigenvalue weighted by molar-refractivity contribution is 5.84. The van der Waals surface area contributed by atoms with Gasteiger partial charge in [0.05, 0.1) is 18.8 Å². The maximum atomic E-state index is 12.5. The zero-order valence-corrected chi connectivity index (χ0v) is 20.9. The molecule has 10 heteroatoms. The topological polar surface area (TPSA) is 98.2 Å². The first-order chi connectivity index (χ1) is 18.0. The summed E-state index contributed by atoms with van der Waals surface area (Å²) in [7, 11) is 2.13. The van der Waals surface area contributed by atoms with Gasteiger partial charge >= 0.3 is 6.09 Å². The lowest BCUT2D eigenvalue weighted by molar-refractivity contribution is 0.130.